The van der Waals surface area contributed by atoms with Crippen LogP contribution in [0.15, 0.2) is 48.5 Å². The van der Waals surface area contributed by atoms with Gasteiger partial charge in [0.05, 0.1) is 17.0 Å². The van der Waals surface area contributed by atoms with Crippen molar-refractivity contribution in [3.8, 4) is 0 Å². The van der Waals surface area contributed by atoms with Crippen molar-refractivity contribution < 1.29 is 22.4 Å². The lowest BCUT2D eigenvalue weighted by atomic mass is 10.1. The van der Waals surface area contributed by atoms with Crippen molar-refractivity contribution in [1.82, 2.24) is 10.2 Å². The van der Waals surface area contributed by atoms with Crippen LogP contribution in [-0.2, 0) is 26.2 Å². The number of halogens is 2. The van der Waals surface area contributed by atoms with Gasteiger partial charge in [0.15, 0.2) is 0 Å². The first-order chi connectivity index (χ1) is 14.6. The van der Waals surface area contributed by atoms with Crippen LogP contribution in [0.2, 0.25) is 5.02 Å². The van der Waals surface area contributed by atoms with Gasteiger partial charge in [0.25, 0.3) is 0 Å². The van der Waals surface area contributed by atoms with E-state index in [9.17, 15) is 22.4 Å². The third-order valence-electron chi connectivity index (χ3n) is 4.70. The van der Waals surface area contributed by atoms with Gasteiger partial charge in [-0.3, -0.25) is 13.9 Å². The van der Waals surface area contributed by atoms with E-state index in [0.29, 0.717) is 6.42 Å². The van der Waals surface area contributed by atoms with Crippen molar-refractivity contribution in [3.63, 3.8) is 0 Å². The van der Waals surface area contributed by atoms with Crippen molar-refractivity contribution in [1.29, 1.82) is 0 Å². The van der Waals surface area contributed by atoms with Crippen LogP contribution in [0.4, 0.5) is 10.1 Å². The van der Waals surface area contributed by atoms with Gasteiger partial charge in [0.1, 0.15) is 18.4 Å². The predicted molar refractivity (Wildman–Crippen MR) is 119 cm³/mol. The number of hydrogen-bond acceptors (Lipinski definition) is 4. The van der Waals surface area contributed by atoms with E-state index in [1.807, 2.05) is 30.3 Å². The molecule has 0 saturated carbocycles. The second-order valence-electron chi connectivity index (χ2n) is 6.91. The SMILES string of the molecule is CC[C@H](C(=O)NC)N(Cc1ccccc1)C(=O)CN(c1ccc(F)c(Cl)c1)S(C)(=O)=O. The van der Waals surface area contributed by atoms with Crippen molar-refractivity contribution in [2.45, 2.75) is 25.9 Å². The van der Waals surface area contributed by atoms with Gasteiger partial charge in [-0.1, -0.05) is 48.9 Å². The zero-order valence-electron chi connectivity index (χ0n) is 17.5. The minimum absolute atomic E-state index is 0.0508. The van der Waals surface area contributed by atoms with Gasteiger partial charge in [0, 0.05) is 13.6 Å². The van der Waals surface area contributed by atoms with Crippen LogP contribution < -0.4 is 9.62 Å². The number of benzene rings is 2. The highest BCUT2D eigenvalue weighted by Crippen LogP contribution is 2.25. The van der Waals surface area contributed by atoms with Crippen LogP contribution in [0.5, 0.6) is 0 Å². The molecular weight excluding hydrogens is 445 g/mol. The topological polar surface area (TPSA) is 86.8 Å². The Balaban J connectivity index is 2.42. The van der Waals surface area contributed by atoms with E-state index in [2.05, 4.69) is 5.32 Å². The summed E-state index contributed by atoms with van der Waals surface area (Å²) in [6.45, 7) is 1.31. The molecule has 0 heterocycles. The highest BCUT2D eigenvalue weighted by Gasteiger charge is 2.31. The van der Waals surface area contributed by atoms with Crippen LogP contribution in [0.25, 0.3) is 0 Å². The quantitative estimate of drug-likeness (QED) is 0.611. The summed E-state index contributed by atoms with van der Waals surface area (Å²) in [6, 6.07) is 11.7. The number of anilines is 1. The number of nitrogens with one attached hydrogen (secondary N) is 1. The summed E-state index contributed by atoms with van der Waals surface area (Å²) in [6.07, 6.45) is 1.27. The molecule has 0 spiro atoms. The number of hydrogen-bond donors (Lipinski definition) is 1. The molecule has 168 valence electrons. The van der Waals surface area contributed by atoms with E-state index in [0.717, 1.165) is 28.3 Å². The van der Waals surface area contributed by atoms with Gasteiger partial charge in [-0.15, -0.1) is 0 Å². The summed E-state index contributed by atoms with van der Waals surface area (Å²) < 4.78 is 39.2. The number of carbonyl (C=O) groups is 2. The Morgan fingerprint density at radius 1 is 1.16 bits per heavy atom. The molecule has 0 aliphatic rings. The van der Waals surface area contributed by atoms with E-state index in [1.54, 1.807) is 6.92 Å². The maximum absolute atomic E-state index is 13.6. The normalized spacial score (nSPS) is 12.2. The van der Waals surface area contributed by atoms with Gasteiger partial charge in [0.2, 0.25) is 21.8 Å². The molecular formula is C21H25ClFN3O4S. The monoisotopic (exact) mass is 469 g/mol. The molecule has 0 bridgehead atoms. The first-order valence-electron chi connectivity index (χ1n) is 9.56. The average molecular weight is 470 g/mol. The first kappa shape index (κ1) is 24.6. The summed E-state index contributed by atoms with van der Waals surface area (Å²) >= 11 is 5.80. The van der Waals surface area contributed by atoms with Crippen LogP contribution in [0.1, 0.15) is 18.9 Å². The molecule has 0 fully saturated rings. The standard InChI is InChI=1S/C21H25ClFN3O4S/c1-4-19(21(28)24-2)25(13-15-8-6-5-7-9-15)20(27)14-26(31(3,29)30)16-10-11-18(23)17(22)12-16/h5-12,19H,4,13-14H2,1-3H3,(H,24,28)/t19-/m1/s1. The van der Waals surface area contributed by atoms with Crippen LogP contribution >= 0.6 is 11.6 Å². The minimum atomic E-state index is -3.90. The summed E-state index contributed by atoms with van der Waals surface area (Å²) in [5, 5.41) is 2.28. The molecule has 1 atom stereocenters. The second kappa shape index (κ2) is 10.6. The van der Waals surface area contributed by atoms with Crippen molar-refractivity contribution in [2.75, 3.05) is 24.2 Å². The molecule has 0 unspecified atom stereocenters. The molecule has 31 heavy (non-hydrogen) atoms. The third-order valence-corrected chi connectivity index (χ3v) is 6.13. The molecule has 0 saturated heterocycles. The fourth-order valence-electron chi connectivity index (χ4n) is 3.12. The third kappa shape index (κ3) is 6.41. The number of rotatable bonds is 9. The zero-order valence-corrected chi connectivity index (χ0v) is 19.1. The van der Waals surface area contributed by atoms with Crippen molar-refractivity contribution in [3.05, 3.63) is 64.9 Å². The van der Waals surface area contributed by atoms with E-state index in [1.165, 1.54) is 18.0 Å². The number of carbonyl (C=O) groups excluding carboxylic acids is 2. The molecule has 2 amide bonds. The number of nitrogens with zero attached hydrogens (tertiary/aromatic N) is 2. The van der Waals surface area contributed by atoms with Gasteiger partial charge in [-0.05, 0) is 30.2 Å². The Hall–Kier alpha value is -2.65. The van der Waals surface area contributed by atoms with Crippen molar-refractivity contribution >= 4 is 39.1 Å². The largest absolute Gasteiger partial charge is 0.357 e. The smallest absolute Gasteiger partial charge is 0.244 e. The molecule has 1 N–H and O–H groups in total. The molecule has 2 rings (SSSR count). The molecule has 2 aromatic rings. The lowest BCUT2D eigenvalue weighted by Gasteiger charge is -2.32. The van der Waals surface area contributed by atoms with Gasteiger partial charge in [-0.2, -0.15) is 0 Å². The fourth-order valence-corrected chi connectivity index (χ4v) is 4.14. The molecule has 0 radical (unpaired) electrons. The second-order valence-corrected chi connectivity index (χ2v) is 9.23. The molecule has 10 heteroatoms. The van der Waals surface area contributed by atoms with E-state index < -0.39 is 34.3 Å². The molecule has 2 aromatic carbocycles. The summed E-state index contributed by atoms with van der Waals surface area (Å²) in [5.74, 6) is -1.64. The van der Waals surface area contributed by atoms with E-state index >= 15 is 0 Å². The number of amides is 2. The Morgan fingerprint density at radius 3 is 2.32 bits per heavy atom. The molecule has 7 nitrogen and oxygen atoms in total. The van der Waals surface area contributed by atoms with Gasteiger partial charge < -0.3 is 10.2 Å². The van der Waals surface area contributed by atoms with Crippen LogP contribution in [-0.4, -0.2) is 51.0 Å². The van der Waals surface area contributed by atoms with Crippen LogP contribution in [0, 0.1) is 5.82 Å². The summed E-state index contributed by atoms with van der Waals surface area (Å²) in [4.78, 5) is 27.0. The predicted octanol–water partition coefficient (Wildman–Crippen LogP) is 2.80. The van der Waals surface area contributed by atoms with Gasteiger partial charge >= 0.3 is 0 Å². The highest BCUT2D eigenvalue weighted by molar-refractivity contribution is 7.92. The Bertz CT molecular complexity index is 1030. The summed E-state index contributed by atoms with van der Waals surface area (Å²) in [7, 11) is -2.43. The lowest BCUT2D eigenvalue weighted by Crippen LogP contribution is -2.51. The maximum atomic E-state index is 13.6. The zero-order chi connectivity index (χ0) is 23.2. The fraction of sp³-hybridized carbons (Fsp3) is 0.333. The Labute approximate surface area is 186 Å². The Morgan fingerprint density at radius 2 is 1.81 bits per heavy atom. The average Bonchev–Trinajstić information content (AvgIpc) is 2.73. The lowest BCUT2D eigenvalue weighted by molar-refractivity contribution is -0.140. The summed E-state index contributed by atoms with van der Waals surface area (Å²) in [5.41, 5.74) is 0.837. The minimum Gasteiger partial charge on any atom is -0.357 e. The van der Waals surface area contributed by atoms with Crippen molar-refractivity contribution in [2.24, 2.45) is 0 Å². The van der Waals surface area contributed by atoms with E-state index in [4.69, 9.17) is 11.6 Å². The molecule has 0 aliphatic carbocycles. The van der Waals surface area contributed by atoms with E-state index in [-0.39, 0.29) is 23.2 Å². The highest BCUT2D eigenvalue weighted by atomic mass is 35.5. The van der Waals surface area contributed by atoms with Gasteiger partial charge in [-0.25, -0.2) is 12.8 Å². The maximum Gasteiger partial charge on any atom is 0.244 e. The molecule has 0 aliphatic heterocycles. The van der Waals surface area contributed by atoms with Crippen LogP contribution in [0.3, 0.4) is 0 Å². The Kier molecular flexibility index (Phi) is 8.41. The molecule has 0 aromatic heterocycles. The first-order valence-corrected chi connectivity index (χ1v) is 11.8. The number of likely N-dealkylation sites (N-methyl/N-ethyl adjacent to an activating group) is 1. The number of sulfonamides is 1.